The Bertz CT molecular complexity index is 985. The van der Waals surface area contributed by atoms with Crippen LogP contribution in [0.15, 0.2) is 53.8 Å². The van der Waals surface area contributed by atoms with Gasteiger partial charge >= 0.3 is 0 Å². The molecule has 0 amide bonds. The largest absolute Gasteiger partial charge is 0.497 e. The van der Waals surface area contributed by atoms with E-state index in [1.807, 2.05) is 22.9 Å². The molecular formula is C21H26N6O2. The highest BCUT2D eigenvalue weighted by Crippen LogP contribution is 2.36. The van der Waals surface area contributed by atoms with Crippen molar-refractivity contribution in [2.45, 2.75) is 24.8 Å². The lowest BCUT2D eigenvalue weighted by Crippen LogP contribution is -2.19. The zero-order valence-electron chi connectivity index (χ0n) is 16.5. The molecule has 1 aromatic carbocycles. The Balaban J connectivity index is 1.46. The number of aryl methyl sites for hydroxylation is 1. The summed E-state index contributed by atoms with van der Waals surface area (Å²) in [6, 6.07) is 9.73. The molecule has 8 nitrogen and oxygen atoms in total. The molecule has 3 heterocycles. The van der Waals surface area contributed by atoms with Crippen LogP contribution in [0.5, 0.6) is 5.75 Å². The summed E-state index contributed by atoms with van der Waals surface area (Å²) >= 11 is 0. The molecule has 152 valence electrons. The van der Waals surface area contributed by atoms with E-state index >= 15 is 0 Å². The van der Waals surface area contributed by atoms with Crippen LogP contribution in [0.25, 0.3) is 0 Å². The number of rotatable bonds is 8. The molecule has 0 bridgehead atoms. The predicted molar refractivity (Wildman–Crippen MR) is 112 cm³/mol. The van der Waals surface area contributed by atoms with Crippen molar-refractivity contribution in [1.29, 1.82) is 0 Å². The second-order valence-corrected chi connectivity index (χ2v) is 7.25. The summed E-state index contributed by atoms with van der Waals surface area (Å²) in [4.78, 5) is 23.8. The van der Waals surface area contributed by atoms with E-state index in [2.05, 4.69) is 32.7 Å². The third-order valence-corrected chi connectivity index (χ3v) is 5.32. The molecule has 8 heteroatoms. The maximum absolute atomic E-state index is 12.2. The number of H-pyrrole nitrogens is 1. The van der Waals surface area contributed by atoms with Crippen molar-refractivity contribution >= 4 is 5.95 Å². The number of aromatic nitrogens is 4. The Kier molecular flexibility index (Phi) is 5.90. The van der Waals surface area contributed by atoms with Crippen LogP contribution in [0.2, 0.25) is 0 Å². The van der Waals surface area contributed by atoms with Gasteiger partial charge in [-0.05, 0) is 24.1 Å². The van der Waals surface area contributed by atoms with Crippen LogP contribution in [-0.4, -0.2) is 46.3 Å². The first kappa shape index (κ1) is 19.2. The number of benzene rings is 1. The topological polar surface area (TPSA) is 96.9 Å². The van der Waals surface area contributed by atoms with Crippen molar-refractivity contribution in [3.63, 3.8) is 0 Å². The number of hydrogen-bond donors (Lipinski definition) is 3. The van der Waals surface area contributed by atoms with Gasteiger partial charge in [0, 0.05) is 56.5 Å². The third-order valence-electron chi connectivity index (χ3n) is 5.32. The van der Waals surface area contributed by atoms with E-state index in [0.29, 0.717) is 12.5 Å². The van der Waals surface area contributed by atoms with Crippen molar-refractivity contribution in [3.05, 3.63) is 70.7 Å². The Labute approximate surface area is 169 Å². The Morgan fingerprint density at radius 2 is 2.17 bits per heavy atom. The minimum absolute atomic E-state index is 0.135. The molecule has 2 atom stereocenters. The number of imidazole rings is 1. The zero-order chi connectivity index (χ0) is 20.1. The molecule has 0 saturated carbocycles. The highest BCUT2D eigenvalue weighted by molar-refractivity contribution is 5.35. The van der Waals surface area contributed by atoms with Crippen LogP contribution < -0.4 is 20.9 Å². The monoisotopic (exact) mass is 394 g/mol. The molecule has 0 aliphatic carbocycles. The fourth-order valence-electron chi connectivity index (χ4n) is 3.85. The summed E-state index contributed by atoms with van der Waals surface area (Å²) in [6.07, 6.45) is 6.41. The van der Waals surface area contributed by atoms with Crippen molar-refractivity contribution in [3.8, 4) is 5.75 Å². The molecule has 1 aliphatic rings. The quantitative estimate of drug-likeness (QED) is 0.505. The first-order valence-corrected chi connectivity index (χ1v) is 9.88. The van der Waals surface area contributed by atoms with Crippen LogP contribution >= 0.6 is 0 Å². The average Bonchev–Trinajstić information content (AvgIpc) is 3.43. The highest BCUT2D eigenvalue weighted by atomic mass is 16.5. The summed E-state index contributed by atoms with van der Waals surface area (Å²) in [6.45, 7) is 3.21. The van der Waals surface area contributed by atoms with Gasteiger partial charge in [-0.25, -0.2) is 9.97 Å². The van der Waals surface area contributed by atoms with Crippen molar-refractivity contribution in [2.24, 2.45) is 0 Å². The van der Waals surface area contributed by atoms with Crippen LogP contribution in [-0.2, 0) is 6.54 Å². The summed E-state index contributed by atoms with van der Waals surface area (Å²) in [5.41, 5.74) is 1.86. The molecular weight excluding hydrogens is 368 g/mol. The molecule has 1 saturated heterocycles. The smallest absolute Gasteiger partial charge is 0.252 e. The van der Waals surface area contributed by atoms with Gasteiger partial charge in [-0.2, -0.15) is 0 Å². The van der Waals surface area contributed by atoms with Crippen LogP contribution in [0.4, 0.5) is 5.95 Å². The van der Waals surface area contributed by atoms with Crippen LogP contribution in [0, 0.1) is 0 Å². The molecule has 29 heavy (non-hydrogen) atoms. The van der Waals surface area contributed by atoms with Crippen molar-refractivity contribution < 1.29 is 4.74 Å². The maximum Gasteiger partial charge on any atom is 0.252 e. The van der Waals surface area contributed by atoms with Crippen molar-refractivity contribution in [2.75, 3.05) is 32.1 Å². The predicted octanol–water partition coefficient (Wildman–Crippen LogP) is 1.95. The van der Waals surface area contributed by atoms with Gasteiger partial charge in [-0.3, -0.25) is 9.78 Å². The number of aromatic amines is 1. The SMILES string of the molecule is COc1cccc([C@@H]2CNC[C@H]2c2cc(=O)[nH]c(NCCCn3ccnc3)n2)c1. The summed E-state index contributed by atoms with van der Waals surface area (Å²) in [5.74, 6) is 1.74. The molecule has 0 spiro atoms. The summed E-state index contributed by atoms with van der Waals surface area (Å²) < 4.78 is 7.39. The maximum atomic E-state index is 12.2. The van der Waals surface area contributed by atoms with Gasteiger partial charge in [0.1, 0.15) is 5.75 Å². The fourth-order valence-corrected chi connectivity index (χ4v) is 3.85. The molecule has 0 radical (unpaired) electrons. The fraction of sp³-hybridized carbons (Fsp3) is 0.381. The number of hydrogen-bond acceptors (Lipinski definition) is 6. The lowest BCUT2D eigenvalue weighted by atomic mass is 9.86. The van der Waals surface area contributed by atoms with E-state index in [1.54, 1.807) is 25.7 Å². The Morgan fingerprint density at radius 3 is 3.00 bits per heavy atom. The van der Waals surface area contributed by atoms with Crippen LogP contribution in [0.1, 0.15) is 29.5 Å². The minimum Gasteiger partial charge on any atom is -0.497 e. The van der Waals surface area contributed by atoms with E-state index in [9.17, 15) is 4.79 Å². The molecule has 3 aromatic rings. The van der Waals surface area contributed by atoms with E-state index in [1.165, 1.54) is 5.56 Å². The lowest BCUT2D eigenvalue weighted by Gasteiger charge is -2.19. The van der Waals surface area contributed by atoms with E-state index < -0.39 is 0 Å². The van der Waals surface area contributed by atoms with Gasteiger partial charge in [0.25, 0.3) is 5.56 Å². The third kappa shape index (κ3) is 4.65. The number of ether oxygens (including phenoxy) is 1. The van der Waals surface area contributed by atoms with Gasteiger partial charge in [0.05, 0.1) is 19.1 Å². The van der Waals surface area contributed by atoms with Crippen LogP contribution in [0.3, 0.4) is 0 Å². The molecule has 1 aliphatic heterocycles. The molecule has 1 fully saturated rings. The number of anilines is 1. The summed E-state index contributed by atoms with van der Waals surface area (Å²) in [7, 11) is 1.67. The van der Waals surface area contributed by atoms with Crippen molar-refractivity contribution in [1.82, 2.24) is 24.8 Å². The number of nitrogens with zero attached hydrogens (tertiary/aromatic N) is 3. The van der Waals surface area contributed by atoms with E-state index in [-0.39, 0.29) is 17.4 Å². The minimum atomic E-state index is -0.136. The second kappa shape index (κ2) is 8.91. The van der Waals surface area contributed by atoms with Gasteiger partial charge in [0.15, 0.2) is 0 Å². The van der Waals surface area contributed by atoms with E-state index in [0.717, 1.165) is 37.5 Å². The number of methoxy groups -OCH3 is 1. The van der Waals surface area contributed by atoms with Gasteiger partial charge in [-0.1, -0.05) is 12.1 Å². The normalized spacial score (nSPS) is 18.7. The molecule has 3 N–H and O–H groups in total. The first-order valence-electron chi connectivity index (χ1n) is 9.88. The number of nitrogens with one attached hydrogen (secondary N) is 3. The first-order chi connectivity index (χ1) is 14.2. The molecule has 2 aromatic heterocycles. The average molecular weight is 394 g/mol. The summed E-state index contributed by atoms with van der Waals surface area (Å²) in [5, 5.41) is 6.69. The van der Waals surface area contributed by atoms with Gasteiger partial charge < -0.3 is 19.9 Å². The zero-order valence-corrected chi connectivity index (χ0v) is 16.5. The van der Waals surface area contributed by atoms with Gasteiger partial charge in [-0.15, -0.1) is 0 Å². The highest BCUT2D eigenvalue weighted by Gasteiger charge is 2.31. The molecule has 4 rings (SSSR count). The lowest BCUT2D eigenvalue weighted by molar-refractivity contribution is 0.413. The Morgan fingerprint density at radius 1 is 1.28 bits per heavy atom. The Hall–Kier alpha value is -3.13. The molecule has 0 unspecified atom stereocenters. The van der Waals surface area contributed by atoms with E-state index in [4.69, 9.17) is 9.72 Å². The standard InChI is InChI=1S/C21H26N6O2/c1-29-16-5-2-4-15(10-16)17-12-23-13-18(17)19-11-20(28)26-21(25-19)24-6-3-8-27-9-7-22-14-27/h2,4-5,7,9-11,14,17-18,23H,3,6,8,12-13H2,1H3,(H2,24,25,26,28)/t17-,18+/m0/s1. The van der Waals surface area contributed by atoms with Gasteiger partial charge in [0.2, 0.25) is 5.95 Å². The second-order valence-electron chi connectivity index (χ2n) is 7.25.